The van der Waals surface area contributed by atoms with E-state index in [-0.39, 0.29) is 26.9 Å². The molecule has 0 aliphatic rings. The molecule has 30 heavy (non-hydrogen) atoms. The van der Waals surface area contributed by atoms with Gasteiger partial charge in [0.2, 0.25) is 0 Å². The summed E-state index contributed by atoms with van der Waals surface area (Å²) in [5.74, 6) is -0.542. The minimum Gasteiger partial charge on any atom is -0.508 e. The van der Waals surface area contributed by atoms with Crippen molar-refractivity contribution in [3.8, 4) is 5.75 Å². The van der Waals surface area contributed by atoms with E-state index < -0.39 is 15.9 Å². The molecule has 0 heterocycles. The van der Waals surface area contributed by atoms with Crippen LogP contribution in [0.4, 0.5) is 5.69 Å². The molecular formula is C20H15Cl2N3O4S. The SMILES string of the molecule is O=C(NN=Cc1cccc(O)c1)c1cccc(S(=O)(=O)Nc2cc(Cl)ccc2Cl)c1. The topological polar surface area (TPSA) is 108 Å². The van der Waals surface area contributed by atoms with E-state index in [9.17, 15) is 18.3 Å². The van der Waals surface area contributed by atoms with Gasteiger partial charge in [-0.25, -0.2) is 13.8 Å². The third kappa shape index (κ3) is 5.50. The first-order valence-electron chi connectivity index (χ1n) is 8.45. The van der Waals surface area contributed by atoms with Crippen LogP contribution in [-0.2, 0) is 10.0 Å². The Kier molecular flexibility index (Phi) is 6.61. The van der Waals surface area contributed by atoms with Crippen molar-refractivity contribution in [2.24, 2.45) is 5.10 Å². The fraction of sp³-hybridized carbons (Fsp3) is 0. The molecule has 0 atom stereocenters. The van der Waals surface area contributed by atoms with Crippen LogP contribution in [0.5, 0.6) is 5.75 Å². The summed E-state index contributed by atoms with van der Waals surface area (Å²) in [6.45, 7) is 0. The Hall–Kier alpha value is -3.07. The number of nitrogens with one attached hydrogen (secondary N) is 2. The molecular weight excluding hydrogens is 449 g/mol. The van der Waals surface area contributed by atoms with Crippen LogP contribution in [0.2, 0.25) is 10.0 Å². The number of phenolic OH excluding ortho intramolecular Hbond substituents is 1. The number of carbonyl (C=O) groups excluding carboxylic acids is 1. The van der Waals surface area contributed by atoms with E-state index >= 15 is 0 Å². The van der Waals surface area contributed by atoms with Crippen LogP contribution in [0.3, 0.4) is 0 Å². The largest absolute Gasteiger partial charge is 0.508 e. The van der Waals surface area contributed by atoms with Crippen LogP contribution in [0.15, 0.2) is 76.7 Å². The Morgan fingerprint density at radius 3 is 2.53 bits per heavy atom. The van der Waals surface area contributed by atoms with Crippen LogP contribution in [0.25, 0.3) is 0 Å². The number of rotatable bonds is 6. The van der Waals surface area contributed by atoms with Crippen molar-refractivity contribution in [1.29, 1.82) is 0 Å². The maximum atomic E-state index is 12.7. The summed E-state index contributed by atoms with van der Waals surface area (Å²) in [5.41, 5.74) is 3.09. The van der Waals surface area contributed by atoms with Crippen LogP contribution in [0, 0.1) is 0 Å². The van der Waals surface area contributed by atoms with Gasteiger partial charge in [0.1, 0.15) is 5.75 Å². The number of anilines is 1. The highest BCUT2D eigenvalue weighted by Gasteiger charge is 2.18. The summed E-state index contributed by atoms with van der Waals surface area (Å²) >= 11 is 11.9. The summed E-state index contributed by atoms with van der Waals surface area (Å²) in [5, 5.41) is 13.7. The number of hydrogen-bond donors (Lipinski definition) is 3. The molecule has 0 saturated carbocycles. The molecule has 154 valence electrons. The van der Waals surface area contributed by atoms with Gasteiger partial charge in [-0.3, -0.25) is 9.52 Å². The third-order valence-electron chi connectivity index (χ3n) is 3.83. The standard InChI is InChI=1S/C20H15Cl2N3O4S/c21-15-7-8-18(22)19(11-15)25-30(28,29)17-6-2-4-14(10-17)20(27)24-23-12-13-3-1-5-16(26)9-13/h1-12,25-26H,(H,24,27). The molecule has 0 radical (unpaired) electrons. The van der Waals surface area contributed by atoms with Gasteiger partial charge in [-0.05, 0) is 54.1 Å². The zero-order valence-corrected chi connectivity index (χ0v) is 17.5. The summed E-state index contributed by atoms with van der Waals surface area (Å²) < 4.78 is 27.7. The molecule has 7 nitrogen and oxygen atoms in total. The predicted molar refractivity (Wildman–Crippen MR) is 117 cm³/mol. The molecule has 1 amide bonds. The fourth-order valence-electron chi connectivity index (χ4n) is 2.42. The summed E-state index contributed by atoms with van der Waals surface area (Å²) in [7, 11) is -4.02. The van der Waals surface area contributed by atoms with Crippen LogP contribution in [-0.4, -0.2) is 25.6 Å². The van der Waals surface area contributed by atoms with E-state index in [1.54, 1.807) is 12.1 Å². The summed E-state index contributed by atoms with van der Waals surface area (Å²) in [4.78, 5) is 12.2. The lowest BCUT2D eigenvalue weighted by Gasteiger charge is -2.11. The van der Waals surface area contributed by atoms with Gasteiger partial charge in [0.05, 0.1) is 21.8 Å². The van der Waals surface area contributed by atoms with E-state index in [2.05, 4.69) is 15.2 Å². The molecule has 0 saturated heterocycles. The number of carbonyl (C=O) groups is 1. The van der Waals surface area contributed by atoms with Crippen LogP contribution < -0.4 is 10.1 Å². The molecule has 3 aromatic rings. The van der Waals surface area contributed by atoms with Crippen LogP contribution in [0.1, 0.15) is 15.9 Å². The van der Waals surface area contributed by atoms with Gasteiger partial charge in [0.25, 0.3) is 15.9 Å². The van der Waals surface area contributed by atoms with E-state index in [1.807, 2.05) is 0 Å². The number of aromatic hydroxyl groups is 1. The molecule has 0 unspecified atom stereocenters. The second kappa shape index (κ2) is 9.17. The minimum atomic E-state index is -4.02. The number of nitrogens with zero attached hydrogens (tertiary/aromatic N) is 1. The van der Waals surface area contributed by atoms with Gasteiger partial charge in [-0.1, -0.05) is 41.4 Å². The van der Waals surface area contributed by atoms with Gasteiger partial charge in [-0.2, -0.15) is 5.10 Å². The summed E-state index contributed by atoms with van der Waals surface area (Å²) in [6, 6.07) is 16.1. The maximum Gasteiger partial charge on any atom is 0.271 e. The van der Waals surface area contributed by atoms with E-state index in [0.717, 1.165) is 0 Å². The van der Waals surface area contributed by atoms with Gasteiger partial charge < -0.3 is 5.11 Å². The highest BCUT2D eigenvalue weighted by molar-refractivity contribution is 7.92. The molecule has 0 aromatic heterocycles. The number of halogens is 2. The van der Waals surface area contributed by atoms with Crippen molar-refractivity contribution in [2.45, 2.75) is 4.90 Å². The second-order valence-electron chi connectivity index (χ2n) is 6.05. The van der Waals surface area contributed by atoms with E-state index in [1.165, 1.54) is 60.8 Å². The number of phenols is 1. The molecule has 0 fully saturated rings. The molecule has 3 rings (SSSR count). The molecule has 3 N–H and O–H groups in total. The second-order valence-corrected chi connectivity index (χ2v) is 8.58. The highest BCUT2D eigenvalue weighted by Crippen LogP contribution is 2.28. The monoisotopic (exact) mass is 463 g/mol. The van der Waals surface area contributed by atoms with Gasteiger partial charge >= 0.3 is 0 Å². The Balaban J connectivity index is 1.76. The smallest absolute Gasteiger partial charge is 0.271 e. The van der Waals surface area contributed by atoms with Gasteiger partial charge in [-0.15, -0.1) is 0 Å². The Morgan fingerprint density at radius 2 is 1.77 bits per heavy atom. The molecule has 0 aliphatic heterocycles. The van der Waals surface area contributed by atoms with Crippen molar-refractivity contribution in [1.82, 2.24) is 5.43 Å². The average molecular weight is 464 g/mol. The Bertz CT molecular complexity index is 1230. The molecule has 10 heteroatoms. The maximum absolute atomic E-state index is 12.7. The molecule has 0 spiro atoms. The number of hydrogen-bond acceptors (Lipinski definition) is 5. The molecule has 3 aromatic carbocycles. The summed E-state index contributed by atoms with van der Waals surface area (Å²) in [6.07, 6.45) is 1.35. The van der Waals surface area contributed by atoms with Crippen molar-refractivity contribution >= 4 is 51.0 Å². The molecule has 0 bridgehead atoms. The first kappa shape index (κ1) is 21.6. The number of hydrazone groups is 1. The number of amides is 1. The Labute approximate surface area is 183 Å². The lowest BCUT2D eigenvalue weighted by atomic mass is 10.2. The first-order valence-corrected chi connectivity index (χ1v) is 10.7. The third-order valence-corrected chi connectivity index (χ3v) is 5.76. The average Bonchev–Trinajstić information content (AvgIpc) is 2.71. The van der Waals surface area contributed by atoms with E-state index in [0.29, 0.717) is 10.6 Å². The van der Waals surface area contributed by atoms with Crippen molar-refractivity contribution < 1.29 is 18.3 Å². The lowest BCUT2D eigenvalue weighted by Crippen LogP contribution is -2.19. The zero-order valence-electron chi connectivity index (χ0n) is 15.2. The Morgan fingerprint density at radius 1 is 1.00 bits per heavy atom. The minimum absolute atomic E-state index is 0.0653. The zero-order chi connectivity index (χ0) is 21.7. The normalized spacial score (nSPS) is 11.4. The predicted octanol–water partition coefficient (Wildman–Crippen LogP) is 4.26. The van der Waals surface area contributed by atoms with Crippen molar-refractivity contribution in [3.05, 3.63) is 87.9 Å². The van der Waals surface area contributed by atoms with Crippen molar-refractivity contribution in [3.63, 3.8) is 0 Å². The quantitative estimate of drug-likeness (QED) is 0.374. The van der Waals surface area contributed by atoms with E-state index in [4.69, 9.17) is 23.2 Å². The number of benzene rings is 3. The van der Waals surface area contributed by atoms with Gasteiger partial charge in [0.15, 0.2) is 0 Å². The lowest BCUT2D eigenvalue weighted by molar-refractivity contribution is 0.0955. The highest BCUT2D eigenvalue weighted by atomic mass is 35.5. The fourth-order valence-corrected chi connectivity index (χ4v) is 3.93. The first-order chi connectivity index (χ1) is 14.2. The number of sulfonamides is 1. The van der Waals surface area contributed by atoms with Crippen molar-refractivity contribution in [2.75, 3.05) is 4.72 Å². The van der Waals surface area contributed by atoms with Crippen LogP contribution >= 0.6 is 23.2 Å². The van der Waals surface area contributed by atoms with Gasteiger partial charge in [0, 0.05) is 10.6 Å². The molecule has 0 aliphatic carbocycles.